The Morgan fingerprint density at radius 2 is 1.71 bits per heavy atom. The summed E-state index contributed by atoms with van der Waals surface area (Å²) in [6, 6.07) is 0. The Morgan fingerprint density at radius 3 is 2.14 bits per heavy atom. The van der Waals surface area contributed by atoms with Gasteiger partial charge in [0.2, 0.25) is 11.8 Å². The number of rotatable bonds is 5. The minimum atomic E-state index is -0.0784. The zero-order valence-electron chi connectivity index (χ0n) is 9.33. The maximum absolute atomic E-state index is 11.4. The summed E-state index contributed by atoms with van der Waals surface area (Å²) in [5, 5.41) is 2.75. The van der Waals surface area contributed by atoms with Gasteiger partial charge < -0.3 is 15.1 Å². The Bertz CT molecular complexity index is 206. The van der Waals surface area contributed by atoms with Crippen LogP contribution in [0.25, 0.3) is 0 Å². The third kappa shape index (κ3) is 4.23. The quantitative estimate of drug-likeness (QED) is 0.630. The van der Waals surface area contributed by atoms with Gasteiger partial charge in [-0.25, -0.2) is 0 Å². The molecule has 0 bridgehead atoms. The van der Waals surface area contributed by atoms with Crippen LogP contribution in [-0.2, 0) is 9.59 Å². The van der Waals surface area contributed by atoms with E-state index in [0.29, 0.717) is 6.54 Å². The zero-order valence-corrected chi connectivity index (χ0v) is 9.33. The minimum absolute atomic E-state index is 0.0422. The Labute approximate surface area is 85.1 Å². The first-order chi connectivity index (χ1) is 6.52. The van der Waals surface area contributed by atoms with Gasteiger partial charge in [-0.1, -0.05) is 0 Å². The predicted octanol–water partition coefficient (Wildman–Crippen LogP) is -0.857. The van der Waals surface area contributed by atoms with Crippen molar-refractivity contribution in [3.63, 3.8) is 0 Å². The van der Waals surface area contributed by atoms with Crippen LogP contribution in [0.1, 0.15) is 6.92 Å². The van der Waals surface area contributed by atoms with Gasteiger partial charge in [-0.2, -0.15) is 0 Å². The van der Waals surface area contributed by atoms with Crippen LogP contribution in [0.15, 0.2) is 0 Å². The summed E-state index contributed by atoms with van der Waals surface area (Å²) in [7, 11) is 5.05. The van der Waals surface area contributed by atoms with E-state index in [1.54, 1.807) is 26.0 Å². The van der Waals surface area contributed by atoms with E-state index in [1.165, 1.54) is 4.90 Å². The Balaban J connectivity index is 3.99. The molecule has 0 saturated heterocycles. The molecule has 5 nitrogen and oxygen atoms in total. The molecular formula is C9H19N3O2. The molecule has 82 valence electrons. The lowest BCUT2D eigenvalue weighted by atomic mass is 10.4. The van der Waals surface area contributed by atoms with Crippen molar-refractivity contribution in [2.75, 3.05) is 40.8 Å². The van der Waals surface area contributed by atoms with E-state index in [1.807, 2.05) is 6.92 Å². The van der Waals surface area contributed by atoms with Crippen LogP contribution < -0.4 is 5.32 Å². The molecule has 1 N–H and O–H groups in total. The van der Waals surface area contributed by atoms with E-state index in [-0.39, 0.29) is 24.9 Å². The fourth-order valence-electron chi connectivity index (χ4n) is 0.874. The average Bonchev–Trinajstić information content (AvgIpc) is 2.16. The minimum Gasteiger partial charge on any atom is -0.345 e. The summed E-state index contributed by atoms with van der Waals surface area (Å²) < 4.78 is 0. The molecule has 0 aliphatic rings. The molecule has 0 aliphatic carbocycles. The molecule has 0 radical (unpaired) electrons. The number of nitrogens with one attached hydrogen (secondary N) is 1. The van der Waals surface area contributed by atoms with Gasteiger partial charge in [-0.15, -0.1) is 0 Å². The van der Waals surface area contributed by atoms with Crippen LogP contribution >= 0.6 is 0 Å². The van der Waals surface area contributed by atoms with Crippen molar-refractivity contribution >= 4 is 11.8 Å². The maximum Gasteiger partial charge on any atom is 0.241 e. The van der Waals surface area contributed by atoms with Crippen LogP contribution in [0.3, 0.4) is 0 Å². The van der Waals surface area contributed by atoms with E-state index < -0.39 is 0 Å². The molecule has 0 atom stereocenters. The molecule has 0 heterocycles. The highest BCUT2D eigenvalue weighted by Crippen LogP contribution is 1.89. The van der Waals surface area contributed by atoms with Gasteiger partial charge in [0, 0.05) is 20.6 Å². The maximum atomic E-state index is 11.4. The second-order valence-electron chi connectivity index (χ2n) is 3.19. The number of nitrogens with zero attached hydrogens (tertiary/aromatic N) is 2. The predicted molar refractivity (Wildman–Crippen MR) is 54.9 cm³/mol. The molecule has 0 spiro atoms. The van der Waals surface area contributed by atoms with Crippen LogP contribution in [-0.4, -0.2) is 62.4 Å². The van der Waals surface area contributed by atoms with Crippen LogP contribution in [0.4, 0.5) is 0 Å². The van der Waals surface area contributed by atoms with Gasteiger partial charge in [0.15, 0.2) is 0 Å². The second-order valence-corrected chi connectivity index (χ2v) is 3.19. The number of likely N-dealkylation sites (N-methyl/N-ethyl adjacent to an activating group) is 3. The van der Waals surface area contributed by atoms with Crippen LogP contribution in [0.2, 0.25) is 0 Å². The number of hydrogen-bond acceptors (Lipinski definition) is 3. The molecule has 0 saturated carbocycles. The third-order valence-electron chi connectivity index (χ3n) is 2.03. The standard InChI is InChI=1S/C9H19N3O2/c1-5-11(3)9(14)7-12(4)8(13)6-10-2/h10H,5-7H2,1-4H3. The molecule has 0 aliphatic heterocycles. The van der Waals surface area contributed by atoms with Crippen molar-refractivity contribution in [2.24, 2.45) is 0 Å². The van der Waals surface area contributed by atoms with E-state index in [9.17, 15) is 9.59 Å². The smallest absolute Gasteiger partial charge is 0.241 e. The first kappa shape index (κ1) is 12.9. The number of carbonyl (C=O) groups is 2. The summed E-state index contributed by atoms with van der Waals surface area (Å²) in [6.45, 7) is 2.96. The fourth-order valence-corrected chi connectivity index (χ4v) is 0.874. The fraction of sp³-hybridized carbons (Fsp3) is 0.778. The van der Waals surface area contributed by atoms with Crippen molar-refractivity contribution in [1.29, 1.82) is 0 Å². The molecule has 0 aromatic heterocycles. The lowest BCUT2D eigenvalue weighted by Gasteiger charge is -2.20. The summed E-state index contributed by atoms with van der Waals surface area (Å²) in [6.07, 6.45) is 0. The monoisotopic (exact) mass is 201 g/mol. The lowest BCUT2D eigenvalue weighted by Crippen LogP contribution is -2.42. The second kappa shape index (κ2) is 6.37. The van der Waals surface area contributed by atoms with Gasteiger partial charge in [-0.3, -0.25) is 9.59 Å². The van der Waals surface area contributed by atoms with Crippen molar-refractivity contribution in [2.45, 2.75) is 6.92 Å². The molecule has 14 heavy (non-hydrogen) atoms. The third-order valence-corrected chi connectivity index (χ3v) is 2.03. The van der Waals surface area contributed by atoms with E-state index in [0.717, 1.165) is 0 Å². The number of amides is 2. The highest BCUT2D eigenvalue weighted by Gasteiger charge is 2.13. The normalized spacial score (nSPS) is 9.71. The van der Waals surface area contributed by atoms with Crippen molar-refractivity contribution in [3.8, 4) is 0 Å². The van der Waals surface area contributed by atoms with E-state index >= 15 is 0 Å². The first-order valence-corrected chi connectivity index (χ1v) is 4.65. The molecule has 0 unspecified atom stereocenters. The summed E-state index contributed by atoms with van der Waals surface area (Å²) >= 11 is 0. The topological polar surface area (TPSA) is 52.7 Å². The van der Waals surface area contributed by atoms with Gasteiger partial charge in [0.05, 0.1) is 13.1 Å². The van der Waals surface area contributed by atoms with Gasteiger partial charge in [0.25, 0.3) is 0 Å². The van der Waals surface area contributed by atoms with E-state index in [4.69, 9.17) is 0 Å². The summed E-state index contributed by atoms with van der Waals surface area (Å²) in [4.78, 5) is 25.7. The van der Waals surface area contributed by atoms with Crippen molar-refractivity contribution in [3.05, 3.63) is 0 Å². The van der Waals surface area contributed by atoms with Crippen LogP contribution in [0, 0.1) is 0 Å². The van der Waals surface area contributed by atoms with Gasteiger partial charge in [0.1, 0.15) is 0 Å². The van der Waals surface area contributed by atoms with Crippen molar-refractivity contribution in [1.82, 2.24) is 15.1 Å². The molecule has 5 heteroatoms. The molecule has 0 aromatic rings. The van der Waals surface area contributed by atoms with Gasteiger partial charge >= 0.3 is 0 Å². The average molecular weight is 201 g/mol. The summed E-state index contributed by atoms with van der Waals surface area (Å²) in [5.74, 6) is -0.121. The highest BCUT2D eigenvalue weighted by molar-refractivity contribution is 5.85. The Kier molecular flexibility index (Phi) is 5.87. The lowest BCUT2D eigenvalue weighted by molar-refractivity contribution is -0.138. The molecule has 2 amide bonds. The molecule has 0 rings (SSSR count). The molecule has 0 aromatic carbocycles. The first-order valence-electron chi connectivity index (χ1n) is 4.65. The SMILES string of the molecule is CCN(C)C(=O)CN(C)C(=O)CNC. The Hall–Kier alpha value is -1.10. The molecule has 0 fully saturated rings. The Morgan fingerprint density at radius 1 is 1.14 bits per heavy atom. The van der Waals surface area contributed by atoms with Crippen molar-refractivity contribution < 1.29 is 9.59 Å². The van der Waals surface area contributed by atoms with Gasteiger partial charge in [-0.05, 0) is 14.0 Å². The largest absolute Gasteiger partial charge is 0.345 e. The highest BCUT2D eigenvalue weighted by atomic mass is 16.2. The molecular weight excluding hydrogens is 182 g/mol. The number of hydrogen-bond donors (Lipinski definition) is 1. The summed E-state index contributed by atoms with van der Waals surface area (Å²) in [5.41, 5.74) is 0. The number of carbonyl (C=O) groups excluding carboxylic acids is 2. The zero-order chi connectivity index (χ0) is 11.1. The van der Waals surface area contributed by atoms with E-state index in [2.05, 4.69) is 5.32 Å². The van der Waals surface area contributed by atoms with Crippen LogP contribution in [0.5, 0.6) is 0 Å².